The predicted molar refractivity (Wildman–Crippen MR) is 110 cm³/mol. The molecule has 0 spiro atoms. The molecule has 3 rings (SSSR count). The summed E-state index contributed by atoms with van der Waals surface area (Å²) in [7, 11) is 4.74. The molecule has 1 saturated heterocycles. The minimum absolute atomic E-state index is 0.0988. The van der Waals surface area contributed by atoms with E-state index >= 15 is 0 Å². The summed E-state index contributed by atoms with van der Waals surface area (Å²) in [6.45, 7) is 0.803. The van der Waals surface area contributed by atoms with E-state index in [1.807, 2.05) is 24.3 Å². The molecule has 1 N–H and O–H groups in total. The summed E-state index contributed by atoms with van der Waals surface area (Å²) < 4.78 is 15.9. The molecular formula is C22H26N2O5. The fourth-order valence-corrected chi connectivity index (χ4v) is 3.50. The van der Waals surface area contributed by atoms with Crippen LogP contribution in [0.25, 0.3) is 0 Å². The van der Waals surface area contributed by atoms with Gasteiger partial charge in [-0.1, -0.05) is 18.2 Å². The summed E-state index contributed by atoms with van der Waals surface area (Å²) >= 11 is 0. The van der Waals surface area contributed by atoms with Gasteiger partial charge in [0.2, 0.25) is 11.8 Å². The van der Waals surface area contributed by atoms with Crippen molar-refractivity contribution in [1.29, 1.82) is 0 Å². The van der Waals surface area contributed by atoms with Gasteiger partial charge in [-0.25, -0.2) is 0 Å². The molecular weight excluding hydrogens is 372 g/mol. The van der Waals surface area contributed by atoms with E-state index in [1.54, 1.807) is 44.4 Å². The number of benzene rings is 2. The van der Waals surface area contributed by atoms with Crippen molar-refractivity contribution < 1.29 is 23.8 Å². The highest BCUT2D eigenvalue weighted by Gasteiger charge is 2.36. The van der Waals surface area contributed by atoms with Crippen LogP contribution in [0.1, 0.15) is 12.0 Å². The molecule has 0 saturated carbocycles. The van der Waals surface area contributed by atoms with Crippen LogP contribution in [-0.2, 0) is 16.0 Å². The smallest absolute Gasteiger partial charge is 0.227 e. The van der Waals surface area contributed by atoms with Gasteiger partial charge in [0.15, 0.2) is 0 Å². The SMILES string of the molecule is COc1ccc(N2CC(C(=O)NCCc3ccccc3OC)CC2=O)c(OC)c1. The van der Waals surface area contributed by atoms with Crippen LogP contribution in [-0.4, -0.2) is 46.2 Å². The van der Waals surface area contributed by atoms with Gasteiger partial charge in [-0.2, -0.15) is 0 Å². The molecule has 0 radical (unpaired) electrons. The Hall–Kier alpha value is -3.22. The maximum absolute atomic E-state index is 12.6. The third-order valence-corrected chi connectivity index (χ3v) is 5.06. The van der Waals surface area contributed by atoms with Crippen LogP contribution in [0.5, 0.6) is 17.2 Å². The van der Waals surface area contributed by atoms with Crippen LogP contribution in [0.4, 0.5) is 5.69 Å². The Morgan fingerprint density at radius 1 is 1.07 bits per heavy atom. The minimum atomic E-state index is -0.396. The number of ether oxygens (including phenoxy) is 3. The fraction of sp³-hybridized carbons (Fsp3) is 0.364. The molecule has 0 aliphatic carbocycles. The second-order valence-electron chi connectivity index (χ2n) is 6.80. The van der Waals surface area contributed by atoms with Crippen LogP contribution in [0.3, 0.4) is 0 Å². The number of carbonyl (C=O) groups excluding carboxylic acids is 2. The minimum Gasteiger partial charge on any atom is -0.497 e. The van der Waals surface area contributed by atoms with E-state index in [2.05, 4.69) is 5.32 Å². The van der Waals surface area contributed by atoms with Crippen molar-refractivity contribution in [3.8, 4) is 17.2 Å². The van der Waals surface area contributed by atoms with Gasteiger partial charge in [-0.15, -0.1) is 0 Å². The highest BCUT2D eigenvalue weighted by atomic mass is 16.5. The van der Waals surface area contributed by atoms with Crippen LogP contribution in [0, 0.1) is 5.92 Å². The zero-order valence-corrected chi connectivity index (χ0v) is 16.9. The van der Waals surface area contributed by atoms with Crippen LogP contribution >= 0.6 is 0 Å². The number of para-hydroxylation sites is 1. The Bertz CT molecular complexity index is 883. The highest BCUT2D eigenvalue weighted by Crippen LogP contribution is 2.35. The number of hydrogen-bond donors (Lipinski definition) is 1. The third kappa shape index (κ3) is 4.62. The molecule has 0 aromatic heterocycles. The number of methoxy groups -OCH3 is 3. The molecule has 2 amide bonds. The number of hydrogen-bond acceptors (Lipinski definition) is 5. The molecule has 1 fully saturated rings. The lowest BCUT2D eigenvalue weighted by molar-refractivity contribution is -0.126. The number of rotatable bonds is 8. The molecule has 2 aromatic carbocycles. The number of amides is 2. The first-order valence-corrected chi connectivity index (χ1v) is 9.49. The summed E-state index contributed by atoms with van der Waals surface area (Å²) in [5.74, 6) is 1.36. The zero-order chi connectivity index (χ0) is 20.8. The molecule has 1 atom stereocenters. The van der Waals surface area contributed by atoms with E-state index < -0.39 is 5.92 Å². The Morgan fingerprint density at radius 2 is 1.83 bits per heavy atom. The van der Waals surface area contributed by atoms with Gasteiger partial charge in [0, 0.05) is 25.6 Å². The summed E-state index contributed by atoms with van der Waals surface area (Å²) in [5, 5.41) is 2.94. The van der Waals surface area contributed by atoms with Gasteiger partial charge < -0.3 is 24.4 Å². The average Bonchev–Trinajstić information content (AvgIpc) is 3.15. The van der Waals surface area contributed by atoms with Crippen LogP contribution < -0.4 is 24.4 Å². The predicted octanol–water partition coefficient (Wildman–Crippen LogP) is 2.42. The monoisotopic (exact) mass is 398 g/mol. The normalized spacial score (nSPS) is 15.9. The molecule has 1 unspecified atom stereocenters. The Kier molecular flexibility index (Phi) is 6.59. The topological polar surface area (TPSA) is 77.1 Å². The Morgan fingerprint density at radius 3 is 2.55 bits per heavy atom. The zero-order valence-electron chi connectivity index (χ0n) is 16.9. The second-order valence-corrected chi connectivity index (χ2v) is 6.80. The highest BCUT2D eigenvalue weighted by molar-refractivity contribution is 6.01. The Labute approximate surface area is 170 Å². The lowest BCUT2D eigenvalue weighted by Gasteiger charge is -2.20. The van der Waals surface area contributed by atoms with Crippen molar-refractivity contribution in [3.05, 3.63) is 48.0 Å². The number of carbonyl (C=O) groups is 2. The van der Waals surface area contributed by atoms with Crippen LogP contribution in [0.15, 0.2) is 42.5 Å². The quantitative estimate of drug-likeness (QED) is 0.739. The molecule has 1 aliphatic heterocycles. The Balaban J connectivity index is 1.60. The van der Waals surface area contributed by atoms with E-state index in [9.17, 15) is 9.59 Å². The van der Waals surface area contributed by atoms with Gasteiger partial charge in [-0.05, 0) is 30.2 Å². The van der Waals surface area contributed by atoms with Gasteiger partial charge in [0.05, 0.1) is 32.9 Å². The summed E-state index contributed by atoms with van der Waals surface area (Å²) in [4.78, 5) is 26.7. The number of anilines is 1. The maximum atomic E-state index is 12.6. The van der Waals surface area contributed by atoms with Crippen molar-refractivity contribution in [2.45, 2.75) is 12.8 Å². The first-order valence-electron chi connectivity index (χ1n) is 9.49. The van der Waals surface area contributed by atoms with E-state index in [1.165, 1.54) is 0 Å². The molecule has 7 nitrogen and oxygen atoms in total. The van der Waals surface area contributed by atoms with Crippen molar-refractivity contribution >= 4 is 17.5 Å². The van der Waals surface area contributed by atoms with E-state index in [4.69, 9.17) is 14.2 Å². The number of nitrogens with one attached hydrogen (secondary N) is 1. The summed E-state index contributed by atoms with van der Waals surface area (Å²) in [6, 6.07) is 13.0. The second kappa shape index (κ2) is 9.32. The molecule has 0 bridgehead atoms. The lowest BCUT2D eigenvalue weighted by Crippen LogP contribution is -2.34. The van der Waals surface area contributed by atoms with Crippen molar-refractivity contribution in [1.82, 2.24) is 5.32 Å². The van der Waals surface area contributed by atoms with Gasteiger partial charge >= 0.3 is 0 Å². The lowest BCUT2D eigenvalue weighted by atomic mass is 10.1. The fourth-order valence-electron chi connectivity index (χ4n) is 3.50. The largest absolute Gasteiger partial charge is 0.497 e. The van der Waals surface area contributed by atoms with Crippen molar-refractivity contribution in [2.24, 2.45) is 5.92 Å². The van der Waals surface area contributed by atoms with Crippen molar-refractivity contribution in [2.75, 3.05) is 39.3 Å². The van der Waals surface area contributed by atoms with E-state index in [-0.39, 0.29) is 18.2 Å². The van der Waals surface area contributed by atoms with Crippen molar-refractivity contribution in [3.63, 3.8) is 0 Å². The molecule has 154 valence electrons. The standard InChI is InChI=1S/C22H26N2O5/c1-27-17-8-9-18(20(13-17)29-3)24-14-16(12-21(24)25)22(26)23-11-10-15-6-4-5-7-19(15)28-2/h4-9,13,16H,10-12,14H2,1-3H3,(H,23,26). The molecule has 7 heteroatoms. The maximum Gasteiger partial charge on any atom is 0.227 e. The van der Waals surface area contributed by atoms with Gasteiger partial charge in [0.1, 0.15) is 17.2 Å². The molecule has 1 aliphatic rings. The third-order valence-electron chi connectivity index (χ3n) is 5.06. The first kappa shape index (κ1) is 20.5. The average molecular weight is 398 g/mol. The van der Waals surface area contributed by atoms with Gasteiger partial charge in [-0.3, -0.25) is 9.59 Å². The number of nitrogens with zero attached hydrogens (tertiary/aromatic N) is 1. The summed E-state index contributed by atoms with van der Waals surface area (Å²) in [6.07, 6.45) is 0.835. The molecule has 29 heavy (non-hydrogen) atoms. The van der Waals surface area contributed by atoms with Crippen LogP contribution in [0.2, 0.25) is 0 Å². The molecule has 1 heterocycles. The first-order chi connectivity index (χ1) is 14.1. The van der Waals surface area contributed by atoms with Gasteiger partial charge in [0.25, 0.3) is 0 Å². The molecule has 2 aromatic rings. The van der Waals surface area contributed by atoms with E-state index in [0.29, 0.717) is 36.7 Å². The summed E-state index contributed by atoms with van der Waals surface area (Å²) in [5.41, 5.74) is 1.67. The van der Waals surface area contributed by atoms with E-state index in [0.717, 1.165) is 11.3 Å².